The van der Waals surface area contributed by atoms with Gasteiger partial charge in [-0.2, -0.15) is 0 Å². The van der Waals surface area contributed by atoms with Gasteiger partial charge in [-0.15, -0.1) is 0 Å². The predicted molar refractivity (Wildman–Crippen MR) is 101 cm³/mol. The van der Waals surface area contributed by atoms with Gasteiger partial charge in [0.2, 0.25) is 0 Å². The van der Waals surface area contributed by atoms with Crippen LogP contribution in [0.25, 0.3) is 0 Å². The van der Waals surface area contributed by atoms with E-state index in [0.717, 1.165) is 44.2 Å². The first-order valence-corrected chi connectivity index (χ1v) is 9.49. The number of hydrogen-bond donors (Lipinski definition) is 3. The van der Waals surface area contributed by atoms with Crippen molar-refractivity contribution in [1.82, 2.24) is 0 Å². The summed E-state index contributed by atoms with van der Waals surface area (Å²) in [5.41, 5.74) is -0.0917. The monoisotopic (exact) mass is 348 g/mol. The molecule has 25 heavy (non-hydrogen) atoms. The minimum Gasteiger partial charge on any atom is -0.508 e. The molecule has 1 rings (SSSR count). The highest BCUT2D eigenvalue weighted by molar-refractivity contribution is 6.01. The predicted octanol–water partition coefficient (Wildman–Crippen LogP) is 5.85. The number of carbonyl (C=O) groups is 1. The van der Waals surface area contributed by atoms with Crippen molar-refractivity contribution < 1.29 is 20.1 Å². The van der Waals surface area contributed by atoms with Crippen LogP contribution in [-0.2, 0) is 0 Å². The molecule has 0 unspecified atom stereocenters. The molecule has 0 atom stereocenters. The van der Waals surface area contributed by atoms with Crippen LogP contribution < -0.4 is 0 Å². The second-order valence-corrected chi connectivity index (χ2v) is 6.56. The topological polar surface area (TPSA) is 77.8 Å². The molecule has 0 aromatic heterocycles. The van der Waals surface area contributed by atoms with Gasteiger partial charge in [0.25, 0.3) is 0 Å². The number of carbonyl (C=O) groups excluding carboxylic acids is 1. The van der Waals surface area contributed by atoms with Crippen LogP contribution in [0.2, 0.25) is 0 Å². The lowest BCUT2D eigenvalue weighted by molar-refractivity contribution is 0.0973. The third kappa shape index (κ3) is 8.62. The fourth-order valence-corrected chi connectivity index (χ4v) is 2.83. The van der Waals surface area contributed by atoms with Crippen LogP contribution in [0.3, 0.4) is 0 Å². The van der Waals surface area contributed by atoms with Gasteiger partial charge < -0.3 is 15.3 Å². The van der Waals surface area contributed by atoms with Gasteiger partial charge >= 0.3 is 0 Å². The largest absolute Gasteiger partial charge is 0.508 e. The zero-order valence-corrected chi connectivity index (χ0v) is 15.3. The Bertz CT molecular complexity index is 526. The third-order valence-corrected chi connectivity index (χ3v) is 4.28. The number of Topliss-reactive ketones (excluding diaryl/α,β-unsaturated/α-hetero) is 1. The average molecular weight is 348 g/mol. The normalized spacial score (nSPS) is 11.2. The molecular weight excluding hydrogens is 316 g/mol. The van der Waals surface area contributed by atoms with Gasteiger partial charge in [0.15, 0.2) is 5.78 Å². The van der Waals surface area contributed by atoms with Gasteiger partial charge in [0, 0.05) is 18.6 Å². The van der Waals surface area contributed by atoms with Crippen molar-refractivity contribution in [2.24, 2.45) is 0 Å². The number of allylic oxidation sites excluding steroid dienone is 2. The second-order valence-electron chi connectivity index (χ2n) is 6.56. The Morgan fingerprint density at radius 3 is 1.96 bits per heavy atom. The number of ketones is 1. The number of benzene rings is 1. The maximum atomic E-state index is 12.1. The average Bonchev–Trinajstić information content (AvgIpc) is 2.55. The van der Waals surface area contributed by atoms with Crippen LogP contribution in [0.15, 0.2) is 24.3 Å². The van der Waals surface area contributed by atoms with Gasteiger partial charge in [-0.1, -0.05) is 51.2 Å². The molecule has 0 saturated heterocycles. The molecule has 3 N–H and O–H groups in total. The number of rotatable bonds is 13. The lowest BCUT2D eigenvalue weighted by Gasteiger charge is -2.07. The molecule has 1 aromatic carbocycles. The lowest BCUT2D eigenvalue weighted by Crippen LogP contribution is -2.00. The zero-order chi connectivity index (χ0) is 18.5. The van der Waals surface area contributed by atoms with Crippen LogP contribution in [0.5, 0.6) is 17.2 Å². The highest BCUT2D eigenvalue weighted by Gasteiger charge is 2.17. The fourth-order valence-electron chi connectivity index (χ4n) is 2.83. The van der Waals surface area contributed by atoms with Crippen molar-refractivity contribution in [1.29, 1.82) is 0 Å². The molecule has 0 aliphatic rings. The second kappa shape index (κ2) is 12.4. The molecule has 1 aromatic rings. The Morgan fingerprint density at radius 1 is 0.840 bits per heavy atom. The first kappa shape index (κ1) is 21.1. The first-order chi connectivity index (χ1) is 12.1. The van der Waals surface area contributed by atoms with Crippen molar-refractivity contribution >= 4 is 5.78 Å². The molecular formula is C21H32O4. The maximum absolute atomic E-state index is 12.1. The third-order valence-electron chi connectivity index (χ3n) is 4.28. The highest BCUT2D eigenvalue weighted by Crippen LogP contribution is 2.33. The minimum atomic E-state index is -0.367. The van der Waals surface area contributed by atoms with E-state index in [0.29, 0.717) is 6.42 Å². The summed E-state index contributed by atoms with van der Waals surface area (Å²) in [5, 5.41) is 28.6. The standard InChI is InChI=1S/C21H32O4/c1-2-3-4-5-6-7-8-9-10-11-12-13-14-18(23)21-19(24)15-17(22)16-20(21)25/h6-7,15-16,22,24-25H,2-5,8-14H2,1H3/b7-6-. The summed E-state index contributed by atoms with van der Waals surface area (Å²) < 4.78 is 0. The van der Waals surface area contributed by atoms with Crippen LogP contribution in [0.1, 0.15) is 87.9 Å². The Hall–Kier alpha value is -1.97. The van der Waals surface area contributed by atoms with Gasteiger partial charge in [0.1, 0.15) is 22.8 Å². The summed E-state index contributed by atoms with van der Waals surface area (Å²) in [4.78, 5) is 12.1. The SMILES string of the molecule is CCCCC/C=C\CCCCCCCC(=O)c1c(O)cc(O)cc1O. The zero-order valence-electron chi connectivity index (χ0n) is 15.3. The number of phenols is 3. The van der Waals surface area contributed by atoms with Gasteiger partial charge in [-0.3, -0.25) is 4.79 Å². The van der Waals surface area contributed by atoms with Crippen LogP contribution in [0, 0.1) is 0 Å². The quantitative estimate of drug-likeness (QED) is 0.237. The summed E-state index contributed by atoms with van der Waals surface area (Å²) in [6.45, 7) is 2.22. The summed E-state index contributed by atoms with van der Waals surface area (Å²) in [7, 11) is 0. The molecule has 4 heteroatoms. The van der Waals surface area contributed by atoms with E-state index in [1.165, 1.54) is 32.1 Å². The number of hydrogen-bond acceptors (Lipinski definition) is 4. The number of aromatic hydroxyl groups is 3. The minimum absolute atomic E-state index is 0.0917. The Kier molecular flexibility index (Phi) is 10.5. The van der Waals surface area contributed by atoms with Crippen molar-refractivity contribution in [3.8, 4) is 17.2 Å². The van der Waals surface area contributed by atoms with E-state index in [1.54, 1.807) is 0 Å². The maximum Gasteiger partial charge on any atom is 0.170 e. The van der Waals surface area contributed by atoms with Gasteiger partial charge in [0.05, 0.1) is 0 Å². The molecule has 0 bridgehead atoms. The molecule has 140 valence electrons. The smallest absolute Gasteiger partial charge is 0.170 e. The molecule has 0 radical (unpaired) electrons. The van der Waals surface area contributed by atoms with Crippen LogP contribution >= 0.6 is 0 Å². The molecule has 0 aliphatic heterocycles. The highest BCUT2D eigenvalue weighted by atomic mass is 16.3. The van der Waals surface area contributed by atoms with Crippen LogP contribution in [-0.4, -0.2) is 21.1 Å². The van der Waals surface area contributed by atoms with E-state index in [9.17, 15) is 20.1 Å². The lowest BCUT2D eigenvalue weighted by atomic mass is 10.0. The van der Waals surface area contributed by atoms with E-state index in [1.807, 2.05) is 0 Å². The number of unbranched alkanes of at least 4 members (excludes halogenated alkanes) is 8. The molecule has 0 saturated carbocycles. The van der Waals surface area contributed by atoms with Crippen LogP contribution in [0.4, 0.5) is 0 Å². The van der Waals surface area contributed by atoms with E-state index in [-0.39, 0.29) is 28.6 Å². The first-order valence-electron chi connectivity index (χ1n) is 9.49. The molecule has 0 spiro atoms. The van der Waals surface area contributed by atoms with Crippen molar-refractivity contribution in [3.05, 3.63) is 29.8 Å². The summed E-state index contributed by atoms with van der Waals surface area (Å²) in [5.74, 6) is -1.28. The molecule has 0 heterocycles. The fraction of sp³-hybridized carbons (Fsp3) is 0.571. The molecule has 0 aliphatic carbocycles. The van der Waals surface area contributed by atoms with Gasteiger partial charge in [-0.25, -0.2) is 0 Å². The molecule has 4 nitrogen and oxygen atoms in total. The van der Waals surface area contributed by atoms with Crippen molar-refractivity contribution in [2.45, 2.75) is 77.6 Å². The summed E-state index contributed by atoms with van der Waals surface area (Å²) in [6.07, 6.45) is 16.2. The summed E-state index contributed by atoms with van der Waals surface area (Å²) >= 11 is 0. The van der Waals surface area contributed by atoms with E-state index < -0.39 is 0 Å². The Labute approximate surface area is 151 Å². The van der Waals surface area contributed by atoms with E-state index >= 15 is 0 Å². The van der Waals surface area contributed by atoms with Crippen molar-refractivity contribution in [3.63, 3.8) is 0 Å². The molecule has 0 fully saturated rings. The van der Waals surface area contributed by atoms with E-state index in [2.05, 4.69) is 19.1 Å². The Morgan fingerprint density at radius 2 is 1.36 bits per heavy atom. The van der Waals surface area contributed by atoms with Gasteiger partial charge in [-0.05, 0) is 32.1 Å². The summed E-state index contributed by atoms with van der Waals surface area (Å²) in [6, 6.07) is 2.14. The van der Waals surface area contributed by atoms with Crippen molar-refractivity contribution in [2.75, 3.05) is 0 Å². The number of phenolic OH excluding ortho intramolecular Hbond substituents is 3. The molecule has 0 amide bonds. The van der Waals surface area contributed by atoms with E-state index in [4.69, 9.17) is 0 Å². The Balaban J connectivity index is 2.11.